The van der Waals surface area contributed by atoms with Crippen molar-refractivity contribution in [3.05, 3.63) is 23.8 Å². The number of hydrogen-bond acceptors (Lipinski definition) is 6. The summed E-state index contributed by atoms with van der Waals surface area (Å²) in [5.41, 5.74) is 0.807. The number of thioether (sulfide) groups is 1. The Morgan fingerprint density at radius 3 is 2.52 bits per heavy atom. The van der Waals surface area contributed by atoms with E-state index in [0.717, 1.165) is 5.56 Å². The van der Waals surface area contributed by atoms with Gasteiger partial charge in [-0.05, 0) is 51.0 Å². The zero-order valence-electron chi connectivity index (χ0n) is 15.6. The third-order valence-corrected chi connectivity index (χ3v) is 7.40. The predicted octanol–water partition coefficient (Wildman–Crippen LogP) is 1.69. The van der Waals surface area contributed by atoms with E-state index >= 15 is 0 Å². The first-order valence-corrected chi connectivity index (χ1v) is 11.0. The number of methoxy groups -OCH3 is 1. The minimum Gasteiger partial charge on any atom is -0.491 e. The standard InChI is InChI=1S/C17H28N2O4S2/c1-13-10-14(6-7-16(13)23-9-8-22-4)25(20,21)19-11-15(18(2)3)17(12-19)24-5/h6-7,10,15,17H,8-9,11-12H2,1-5H3. The monoisotopic (exact) mass is 388 g/mol. The third kappa shape index (κ3) is 4.68. The molecule has 25 heavy (non-hydrogen) atoms. The number of sulfonamides is 1. The second-order valence-corrected chi connectivity index (χ2v) is 9.41. The largest absolute Gasteiger partial charge is 0.491 e. The Labute approximate surface area is 155 Å². The van der Waals surface area contributed by atoms with E-state index in [-0.39, 0.29) is 11.3 Å². The molecule has 2 atom stereocenters. The molecule has 0 N–H and O–H groups in total. The van der Waals surface area contributed by atoms with E-state index in [2.05, 4.69) is 4.90 Å². The van der Waals surface area contributed by atoms with Crippen LogP contribution < -0.4 is 4.74 Å². The first-order valence-electron chi connectivity index (χ1n) is 8.23. The average Bonchev–Trinajstić information content (AvgIpc) is 3.02. The summed E-state index contributed by atoms with van der Waals surface area (Å²) in [4.78, 5) is 2.43. The molecule has 1 aliphatic heterocycles. The molecule has 2 rings (SSSR count). The summed E-state index contributed by atoms with van der Waals surface area (Å²) in [6, 6.07) is 5.27. The van der Waals surface area contributed by atoms with Gasteiger partial charge in [0, 0.05) is 31.5 Å². The molecular formula is C17H28N2O4S2. The lowest BCUT2D eigenvalue weighted by Crippen LogP contribution is -2.37. The molecule has 1 aromatic carbocycles. The molecule has 1 aromatic rings. The molecule has 6 nitrogen and oxygen atoms in total. The lowest BCUT2D eigenvalue weighted by molar-refractivity contribution is 0.146. The minimum absolute atomic E-state index is 0.225. The Morgan fingerprint density at radius 2 is 2.00 bits per heavy atom. The Balaban J connectivity index is 2.18. The van der Waals surface area contributed by atoms with Crippen LogP contribution in [0.2, 0.25) is 0 Å². The molecule has 0 bridgehead atoms. The van der Waals surface area contributed by atoms with Gasteiger partial charge in [0.2, 0.25) is 10.0 Å². The third-order valence-electron chi connectivity index (χ3n) is 4.50. The van der Waals surface area contributed by atoms with Gasteiger partial charge in [0.25, 0.3) is 0 Å². The van der Waals surface area contributed by atoms with Crippen LogP contribution in [0.1, 0.15) is 5.56 Å². The van der Waals surface area contributed by atoms with E-state index in [9.17, 15) is 8.42 Å². The molecular weight excluding hydrogens is 360 g/mol. The van der Waals surface area contributed by atoms with Gasteiger partial charge in [-0.25, -0.2) is 8.42 Å². The molecule has 1 heterocycles. The van der Waals surface area contributed by atoms with E-state index in [1.807, 2.05) is 27.3 Å². The van der Waals surface area contributed by atoms with Gasteiger partial charge in [-0.2, -0.15) is 16.1 Å². The maximum absolute atomic E-state index is 13.0. The van der Waals surface area contributed by atoms with Gasteiger partial charge in [0.1, 0.15) is 12.4 Å². The number of rotatable bonds is 8. The van der Waals surface area contributed by atoms with Crippen molar-refractivity contribution >= 4 is 21.8 Å². The van der Waals surface area contributed by atoms with Gasteiger partial charge >= 0.3 is 0 Å². The lowest BCUT2D eigenvalue weighted by atomic mass is 10.2. The average molecular weight is 389 g/mol. The summed E-state index contributed by atoms with van der Waals surface area (Å²) < 4.78 is 38.2. The van der Waals surface area contributed by atoms with Gasteiger partial charge < -0.3 is 14.4 Å². The lowest BCUT2D eigenvalue weighted by Gasteiger charge is -2.23. The summed E-state index contributed by atoms with van der Waals surface area (Å²) in [5.74, 6) is 0.686. The Morgan fingerprint density at radius 1 is 1.28 bits per heavy atom. The molecule has 8 heteroatoms. The van der Waals surface area contributed by atoms with Crippen LogP contribution in [-0.4, -0.2) is 82.7 Å². The molecule has 1 aliphatic rings. The van der Waals surface area contributed by atoms with Crippen molar-refractivity contribution < 1.29 is 17.9 Å². The van der Waals surface area contributed by atoms with E-state index in [0.29, 0.717) is 36.9 Å². The van der Waals surface area contributed by atoms with E-state index in [4.69, 9.17) is 9.47 Å². The second-order valence-electron chi connectivity index (χ2n) is 6.40. The molecule has 1 fully saturated rings. The molecule has 0 spiro atoms. The number of hydrogen-bond donors (Lipinski definition) is 0. The Kier molecular flexibility index (Phi) is 7.16. The molecule has 1 saturated heterocycles. The van der Waals surface area contributed by atoms with Crippen molar-refractivity contribution in [2.75, 3.05) is 53.8 Å². The maximum Gasteiger partial charge on any atom is 0.243 e. The summed E-state index contributed by atoms with van der Waals surface area (Å²) in [5, 5.41) is 0.280. The van der Waals surface area contributed by atoms with E-state index in [1.165, 1.54) is 0 Å². The highest BCUT2D eigenvalue weighted by atomic mass is 32.2. The summed E-state index contributed by atoms with van der Waals surface area (Å²) in [6.45, 7) is 3.85. The number of likely N-dealkylation sites (N-methyl/N-ethyl adjacent to an activating group) is 1. The molecule has 0 aliphatic carbocycles. The fourth-order valence-electron chi connectivity index (χ4n) is 2.98. The maximum atomic E-state index is 13.0. The minimum atomic E-state index is -3.50. The van der Waals surface area contributed by atoms with Gasteiger partial charge in [0.15, 0.2) is 0 Å². The van der Waals surface area contributed by atoms with Crippen LogP contribution in [0.5, 0.6) is 5.75 Å². The van der Waals surface area contributed by atoms with E-state index < -0.39 is 10.0 Å². The fraction of sp³-hybridized carbons (Fsp3) is 0.647. The first kappa shape index (κ1) is 20.5. The highest BCUT2D eigenvalue weighted by Gasteiger charge is 2.40. The zero-order chi connectivity index (χ0) is 18.6. The smallest absolute Gasteiger partial charge is 0.243 e. The van der Waals surface area contributed by atoms with Gasteiger partial charge in [-0.3, -0.25) is 0 Å². The molecule has 2 unspecified atom stereocenters. The number of nitrogens with zero attached hydrogens (tertiary/aromatic N) is 2. The van der Waals surface area contributed by atoms with Crippen LogP contribution in [0.4, 0.5) is 0 Å². The van der Waals surface area contributed by atoms with Crippen molar-refractivity contribution in [1.29, 1.82) is 0 Å². The predicted molar refractivity (Wildman–Crippen MR) is 102 cm³/mol. The van der Waals surface area contributed by atoms with Crippen molar-refractivity contribution in [3.63, 3.8) is 0 Å². The van der Waals surface area contributed by atoms with Crippen LogP contribution >= 0.6 is 11.8 Å². The van der Waals surface area contributed by atoms with Gasteiger partial charge in [-0.15, -0.1) is 0 Å². The SMILES string of the molecule is COCCOc1ccc(S(=O)(=O)N2CC(SC)C(N(C)C)C2)cc1C. The van der Waals surface area contributed by atoms with Gasteiger partial charge in [0.05, 0.1) is 11.5 Å². The highest BCUT2D eigenvalue weighted by Crippen LogP contribution is 2.30. The quantitative estimate of drug-likeness (QED) is 0.632. The Bertz CT molecular complexity index is 679. The molecule has 142 valence electrons. The first-order chi connectivity index (χ1) is 11.8. The fourth-order valence-corrected chi connectivity index (χ4v) is 5.61. The number of aryl methyl sites for hydroxylation is 1. The molecule has 0 amide bonds. The van der Waals surface area contributed by atoms with Crippen LogP contribution in [-0.2, 0) is 14.8 Å². The van der Waals surface area contributed by atoms with Crippen molar-refractivity contribution in [1.82, 2.24) is 9.21 Å². The topological polar surface area (TPSA) is 59.1 Å². The Hall–Kier alpha value is -0.800. The van der Waals surface area contributed by atoms with Crippen LogP contribution in [0.25, 0.3) is 0 Å². The number of benzene rings is 1. The summed E-state index contributed by atoms with van der Waals surface area (Å²) in [6.07, 6.45) is 2.04. The van der Waals surface area contributed by atoms with Crippen molar-refractivity contribution in [3.8, 4) is 5.75 Å². The summed E-state index contributed by atoms with van der Waals surface area (Å²) in [7, 11) is 2.12. The second kappa shape index (κ2) is 8.73. The van der Waals surface area contributed by atoms with E-state index in [1.54, 1.807) is 41.4 Å². The highest BCUT2D eigenvalue weighted by molar-refractivity contribution is 7.99. The van der Waals surface area contributed by atoms with Crippen LogP contribution in [0, 0.1) is 6.92 Å². The zero-order valence-corrected chi connectivity index (χ0v) is 17.2. The number of ether oxygens (including phenoxy) is 2. The normalized spacial score (nSPS) is 21.8. The van der Waals surface area contributed by atoms with Crippen LogP contribution in [0.3, 0.4) is 0 Å². The van der Waals surface area contributed by atoms with Crippen molar-refractivity contribution in [2.24, 2.45) is 0 Å². The van der Waals surface area contributed by atoms with Crippen LogP contribution in [0.15, 0.2) is 23.1 Å². The van der Waals surface area contributed by atoms with Crippen molar-refractivity contribution in [2.45, 2.75) is 23.1 Å². The molecule has 0 radical (unpaired) electrons. The molecule has 0 aromatic heterocycles. The molecule has 0 saturated carbocycles. The van der Waals surface area contributed by atoms with Gasteiger partial charge in [-0.1, -0.05) is 0 Å². The summed E-state index contributed by atoms with van der Waals surface area (Å²) >= 11 is 1.72.